The van der Waals surface area contributed by atoms with Gasteiger partial charge in [0.2, 0.25) is 0 Å². The first kappa shape index (κ1) is 9.38. The van der Waals surface area contributed by atoms with Crippen LogP contribution < -0.4 is 0 Å². The monoisotopic (exact) mass is 182 g/mol. The highest BCUT2D eigenvalue weighted by atomic mass is 19.1. The standard InChI is InChI=1S/C9H7FO3/c1-5-2-8(10)6(4-11)3-7(5)9(12)13/h2-4H,1H3,(H,12,13). The predicted molar refractivity (Wildman–Crippen MR) is 43.5 cm³/mol. The first-order valence-corrected chi connectivity index (χ1v) is 3.55. The molecule has 0 atom stereocenters. The van der Waals surface area contributed by atoms with Crippen LogP contribution in [0.1, 0.15) is 26.3 Å². The van der Waals surface area contributed by atoms with E-state index in [1.807, 2.05) is 0 Å². The van der Waals surface area contributed by atoms with Crippen LogP contribution in [0.4, 0.5) is 4.39 Å². The molecule has 3 nitrogen and oxygen atoms in total. The molecule has 0 spiro atoms. The fourth-order valence-electron chi connectivity index (χ4n) is 1.01. The molecule has 0 unspecified atom stereocenters. The van der Waals surface area contributed by atoms with Crippen molar-refractivity contribution < 1.29 is 19.1 Å². The molecule has 1 rings (SSSR count). The number of carbonyl (C=O) groups excluding carboxylic acids is 1. The number of aryl methyl sites for hydroxylation is 1. The molecule has 0 heterocycles. The number of aromatic carboxylic acids is 1. The summed E-state index contributed by atoms with van der Waals surface area (Å²) in [5, 5.41) is 8.64. The lowest BCUT2D eigenvalue weighted by molar-refractivity contribution is 0.0696. The fraction of sp³-hybridized carbons (Fsp3) is 0.111. The highest BCUT2D eigenvalue weighted by Gasteiger charge is 2.11. The Kier molecular flexibility index (Phi) is 2.41. The van der Waals surface area contributed by atoms with Gasteiger partial charge in [-0.25, -0.2) is 9.18 Å². The minimum Gasteiger partial charge on any atom is -0.478 e. The van der Waals surface area contributed by atoms with Gasteiger partial charge in [-0.15, -0.1) is 0 Å². The summed E-state index contributed by atoms with van der Waals surface area (Å²) in [6.07, 6.45) is 0.293. The summed E-state index contributed by atoms with van der Waals surface area (Å²) >= 11 is 0. The lowest BCUT2D eigenvalue weighted by Gasteiger charge is -2.01. The Balaban J connectivity index is 3.38. The van der Waals surface area contributed by atoms with E-state index < -0.39 is 11.8 Å². The molecule has 0 bridgehead atoms. The predicted octanol–water partition coefficient (Wildman–Crippen LogP) is 1.64. The zero-order chi connectivity index (χ0) is 10.0. The lowest BCUT2D eigenvalue weighted by Crippen LogP contribution is -2.02. The maximum atomic E-state index is 12.9. The number of carboxylic acid groups (broad SMARTS) is 1. The van der Waals surface area contributed by atoms with Crippen LogP contribution in [0.5, 0.6) is 0 Å². The van der Waals surface area contributed by atoms with E-state index in [9.17, 15) is 14.0 Å². The molecule has 4 heteroatoms. The first-order valence-electron chi connectivity index (χ1n) is 3.55. The van der Waals surface area contributed by atoms with Gasteiger partial charge in [0.1, 0.15) is 5.82 Å². The molecule has 0 saturated carbocycles. The molecule has 0 aliphatic carbocycles. The van der Waals surface area contributed by atoms with E-state index in [1.165, 1.54) is 6.92 Å². The summed E-state index contributed by atoms with van der Waals surface area (Å²) in [7, 11) is 0. The molecule has 13 heavy (non-hydrogen) atoms. The van der Waals surface area contributed by atoms with Gasteiger partial charge in [0.15, 0.2) is 6.29 Å². The lowest BCUT2D eigenvalue weighted by atomic mass is 10.1. The Labute approximate surface area is 73.8 Å². The zero-order valence-corrected chi connectivity index (χ0v) is 6.87. The Morgan fingerprint density at radius 2 is 2.15 bits per heavy atom. The van der Waals surface area contributed by atoms with E-state index in [2.05, 4.69) is 0 Å². The molecule has 0 aliphatic rings. The van der Waals surface area contributed by atoms with Gasteiger partial charge in [-0.2, -0.15) is 0 Å². The molecule has 0 amide bonds. The molecule has 0 aliphatic heterocycles. The van der Waals surface area contributed by atoms with Crippen LogP contribution in [0.3, 0.4) is 0 Å². The second-order valence-electron chi connectivity index (χ2n) is 2.61. The van der Waals surface area contributed by atoms with E-state index in [0.717, 1.165) is 12.1 Å². The number of aldehydes is 1. The molecule has 1 aromatic rings. The number of hydrogen-bond acceptors (Lipinski definition) is 2. The van der Waals surface area contributed by atoms with Crippen molar-refractivity contribution in [3.63, 3.8) is 0 Å². The van der Waals surface area contributed by atoms with Gasteiger partial charge < -0.3 is 5.11 Å². The van der Waals surface area contributed by atoms with Crippen LogP contribution in [-0.4, -0.2) is 17.4 Å². The number of carboxylic acids is 1. The van der Waals surface area contributed by atoms with Gasteiger partial charge in [-0.3, -0.25) is 4.79 Å². The molecule has 0 saturated heterocycles. The third-order valence-corrected chi connectivity index (χ3v) is 1.70. The fourth-order valence-corrected chi connectivity index (χ4v) is 1.01. The second-order valence-corrected chi connectivity index (χ2v) is 2.61. The number of carbonyl (C=O) groups is 2. The van der Waals surface area contributed by atoms with Gasteiger partial charge in [0, 0.05) is 0 Å². The van der Waals surface area contributed by atoms with Crippen molar-refractivity contribution >= 4 is 12.3 Å². The average Bonchev–Trinajstić information content (AvgIpc) is 2.03. The topological polar surface area (TPSA) is 54.4 Å². The maximum Gasteiger partial charge on any atom is 0.335 e. The van der Waals surface area contributed by atoms with Crippen molar-refractivity contribution in [3.8, 4) is 0 Å². The van der Waals surface area contributed by atoms with Crippen molar-refractivity contribution in [1.82, 2.24) is 0 Å². The van der Waals surface area contributed by atoms with E-state index >= 15 is 0 Å². The van der Waals surface area contributed by atoms with Crippen molar-refractivity contribution in [2.75, 3.05) is 0 Å². The summed E-state index contributed by atoms with van der Waals surface area (Å²) in [5.41, 5.74) is 0.0158. The molecule has 1 N–H and O–H groups in total. The van der Waals surface area contributed by atoms with E-state index in [4.69, 9.17) is 5.11 Å². The normalized spacial score (nSPS) is 9.69. The average molecular weight is 182 g/mol. The zero-order valence-electron chi connectivity index (χ0n) is 6.87. The van der Waals surface area contributed by atoms with Crippen molar-refractivity contribution in [3.05, 3.63) is 34.6 Å². The van der Waals surface area contributed by atoms with Gasteiger partial charge in [0.25, 0.3) is 0 Å². The van der Waals surface area contributed by atoms with Crippen molar-refractivity contribution in [2.45, 2.75) is 6.92 Å². The van der Waals surface area contributed by atoms with Gasteiger partial charge in [-0.1, -0.05) is 0 Å². The van der Waals surface area contributed by atoms with Crippen LogP contribution in [0, 0.1) is 12.7 Å². The van der Waals surface area contributed by atoms with Crippen molar-refractivity contribution in [1.29, 1.82) is 0 Å². The van der Waals surface area contributed by atoms with Gasteiger partial charge in [-0.05, 0) is 24.6 Å². The molecule has 1 aromatic carbocycles. The second kappa shape index (κ2) is 3.35. The maximum absolute atomic E-state index is 12.9. The number of halogens is 1. The minimum atomic E-state index is -1.17. The van der Waals surface area contributed by atoms with Crippen LogP contribution in [0.25, 0.3) is 0 Å². The third-order valence-electron chi connectivity index (χ3n) is 1.70. The van der Waals surface area contributed by atoms with Crippen LogP contribution in [0.2, 0.25) is 0 Å². The number of rotatable bonds is 2. The molecular weight excluding hydrogens is 175 g/mol. The van der Waals surface area contributed by atoms with Crippen LogP contribution in [-0.2, 0) is 0 Å². The smallest absolute Gasteiger partial charge is 0.335 e. The molecule has 68 valence electrons. The van der Waals surface area contributed by atoms with E-state index in [1.54, 1.807) is 0 Å². The SMILES string of the molecule is Cc1cc(F)c(C=O)cc1C(=O)O. The van der Waals surface area contributed by atoms with E-state index in [-0.39, 0.29) is 11.1 Å². The summed E-state index contributed by atoms with van der Waals surface area (Å²) in [6, 6.07) is 2.06. The highest BCUT2D eigenvalue weighted by molar-refractivity contribution is 5.91. The van der Waals surface area contributed by atoms with Crippen LogP contribution >= 0.6 is 0 Å². The molecular formula is C9H7FO3. The number of benzene rings is 1. The highest BCUT2D eigenvalue weighted by Crippen LogP contribution is 2.13. The largest absolute Gasteiger partial charge is 0.478 e. The molecule has 0 aromatic heterocycles. The minimum absolute atomic E-state index is 0.0523. The molecule has 0 fully saturated rings. The van der Waals surface area contributed by atoms with Gasteiger partial charge >= 0.3 is 5.97 Å². The first-order chi connectivity index (χ1) is 6.06. The quantitative estimate of drug-likeness (QED) is 0.707. The summed E-state index contributed by atoms with van der Waals surface area (Å²) in [6.45, 7) is 1.47. The van der Waals surface area contributed by atoms with Crippen LogP contribution in [0.15, 0.2) is 12.1 Å². The Morgan fingerprint density at radius 1 is 1.54 bits per heavy atom. The summed E-state index contributed by atoms with van der Waals surface area (Å²) in [4.78, 5) is 20.8. The third kappa shape index (κ3) is 1.72. The Hall–Kier alpha value is -1.71. The summed E-state index contributed by atoms with van der Waals surface area (Å²) < 4.78 is 12.9. The van der Waals surface area contributed by atoms with Gasteiger partial charge in [0.05, 0.1) is 11.1 Å². The van der Waals surface area contributed by atoms with Crippen molar-refractivity contribution in [2.24, 2.45) is 0 Å². The Bertz CT molecular complexity index is 371. The molecule has 0 radical (unpaired) electrons. The van der Waals surface area contributed by atoms with E-state index in [0.29, 0.717) is 11.8 Å². The Morgan fingerprint density at radius 3 is 2.62 bits per heavy atom. The number of hydrogen-bond donors (Lipinski definition) is 1. The summed E-state index contributed by atoms with van der Waals surface area (Å²) in [5.74, 6) is -1.86.